The first kappa shape index (κ1) is 12.9. The number of nitrogens with zero attached hydrogens (tertiary/aromatic N) is 1. The molecule has 0 amide bonds. The second kappa shape index (κ2) is 4.61. The van der Waals surface area contributed by atoms with Crippen LogP contribution >= 0.6 is 11.6 Å². The van der Waals surface area contributed by atoms with Crippen molar-refractivity contribution >= 4 is 11.6 Å². The number of benzene rings is 1. The number of hydrogen-bond donors (Lipinski definition) is 0. The first-order valence-electron chi connectivity index (χ1n) is 5.19. The van der Waals surface area contributed by atoms with Crippen LogP contribution < -0.4 is 0 Å². The predicted molar refractivity (Wildman–Crippen MR) is 64.4 cm³/mol. The quantitative estimate of drug-likeness (QED) is 0.683. The number of aromatic nitrogens is 1. The van der Waals surface area contributed by atoms with E-state index in [-0.39, 0.29) is 10.7 Å². The molecular weight excluding hydrogens is 263 g/mol. The summed E-state index contributed by atoms with van der Waals surface area (Å²) in [6, 6.07) is 8.42. The molecule has 1 aromatic heterocycles. The minimum absolute atomic E-state index is 0.109. The molecule has 0 aliphatic carbocycles. The van der Waals surface area contributed by atoms with Gasteiger partial charge in [0.2, 0.25) is 0 Å². The zero-order valence-corrected chi connectivity index (χ0v) is 10.2. The third kappa shape index (κ3) is 2.64. The molecule has 0 N–H and O–H groups in total. The highest BCUT2D eigenvalue weighted by molar-refractivity contribution is 6.29. The fourth-order valence-corrected chi connectivity index (χ4v) is 2.02. The molecule has 2 rings (SSSR count). The Morgan fingerprint density at radius 3 is 2.39 bits per heavy atom. The first-order chi connectivity index (χ1) is 8.38. The van der Waals surface area contributed by atoms with Crippen molar-refractivity contribution in [1.82, 2.24) is 4.98 Å². The molecule has 94 valence electrons. The molecule has 0 atom stereocenters. The van der Waals surface area contributed by atoms with Crippen molar-refractivity contribution in [3.63, 3.8) is 0 Å². The minimum Gasteiger partial charge on any atom is -0.241 e. The summed E-state index contributed by atoms with van der Waals surface area (Å²) in [7, 11) is 0. The smallest absolute Gasteiger partial charge is 0.241 e. The molecular formula is C13H9ClF3N. The lowest BCUT2D eigenvalue weighted by molar-refractivity contribution is -0.137. The van der Waals surface area contributed by atoms with Crippen LogP contribution in [0.25, 0.3) is 11.1 Å². The van der Waals surface area contributed by atoms with Crippen LogP contribution in [-0.2, 0) is 6.18 Å². The van der Waals surface area contributed by atoms with Gasteiger partial charge in [-0.25, -0.2) is 4.98 Å². The summed E-state index contributed by atoms with van der Waals surface area (Å²) in [5, 5.41) is 0.182. The fraction of sp³-hybridized carbons (Fsp3) is 0.154. The zero-order chi connectivity index (χ0) is 13.3. The van der Waals surface area contributed by atoms with Gasteiger partial charge in [-0.1, -0.05) is 29.8 Å². The molecule has 0 saturated heterocycles. The number of rotatable bonds is 1. The van der Waals surface area contributed by atoms with E-state index < -0.39 is 11.7 Å². The van der Waals surface area contributed by atoms with Gasteiger partial charge in [-0.05, 0) is 36.2 Å². The Morgan fingerprint density at radius 1 is 1.11 bits per heavy atom. The maximum absolute atomic E-state index is 12.9. The zero-order valence-electron chi connectivity index (χ0n) is 9.42. The Hall–Kier alpha value is -1.55. The molecule has 1 aromatic carbocycles. The number of alkyl halides is 3. The lowest BCUT2D eigenvalue weighted by Gasteiger charge is -2.13. The largest absolute Gasteiger partial charge is 0.417 e. The molecule has 0 bridgehead atoms. The van der Waals surface area contributed by atoms with Crippen molar-refractivity contribution < 1.29 is 13.2 Å². The van der Waals surface area contributed by atoms with Crippen LogP contribution in [0.3, 0.4) is 0 Å². The van der Waals surface area contributed by atoms with E-state index in [2.05, 4.69) is 4.98 Å². The van der Waals surface area contributed by atoms with Gasteiger partial charge in [0.1, 0.15) is 5.15 Å². The third-order valence-electron chi connectivity index (χ3n) is 2.47. The third-order valence-corrected chi connectivity index (χ3v) is 2.66. The standard InChI is InChI=1S/C13H9ClF3N/c1-8-6-9(7-12(14)18-8)10-4-2-3-5-11(10)13(15,16)17/h2-7H,1H3. The highest BCUT2D eigenvalue weighted by atomic mass is 35.5. The van der Waals surface area contributed by atoms with Gasteiger partial charge < -0.3 is 0 Å². The van der Waals surface area contributed by atoms with Crippen LogP contribution in [0.5, 0.6) is 0 Å². The van der Waals surface area contributed by atoms with Crippen molar-refractivity contribution in [3.8, 4) is 11.1 Å². The monoisotopic (exact) mass is 271 g/mol. The van der Waals surface area contributed by atoms with Crippen LogP contribution in [-0.4, -0.2) is 4.98 Å². The average Bonchev–Trinajstić information content (AvgIpc) is 2.26. The molecule has 5 heteroatoms. The predicted octanol–water partition coefficient (Wildman–Crippen LogP) is 4.73. The van der Waals surface area contributed by atoms with Crippen molar-refractivity contribution in [2.24, 2.45) is 0 Å². The van der Waals surface area contributed by atoms with E-state index in [0.29, 0.717) is 11.3 Å². The van der Waals surface area contributed by atoms with Gasteiger partial charge >= 0.3 is 6.18 Å². The summed E-state index contributed by atoms with van der Waals surface area (Å²) in [6.07, 6.45) is -4.39. The molecule has 1 heterocycles. The van der Waals surface area contributed by atoms with E-state index in [1.165, 1.54) is 18.2 Å². The minimum atomic E-state index is -4.39. The van der Waals surface area contributed by atoms with Gasteiger partial charge in [-0.3, -0.25) is 0 Å². The second-order valence-corrected chi connectivity index (χ2v) is 4.25. The second-order valence-electron chi connectivity index (χ2n) is 3.86. The van der Waals surface area contributed by atoms with Crippen LogP contribution in [0.4, 0.5) is 13.2 Å². The van der Waals surface area contributed by atoms with Crippen molar-refractivity contribution in [3.05, 3.63) is 52.8 Å². The van der Waals surface area contributed by atoms with Gasteiger partial charge in [0.15, 0.2) is 0 Å². The summed E-state index contributed by atoms with van der Waals surface area (Å²) in [6.45, 7) is 1.69. The molecule has 0 saturated carbocycles. The maximum Gasteiger partial charge on any atom is 0.417 e. The summed E-state index contributed by atoms with van der Waals surface area (Å²) < 4.78 is 38.7. The van der Waals surface area contributed by atoms with Crippen LogP contribution in [0.1, 0.15) is 11.3 Å². The van der Waals surface area contributed by atoms with Crippen molar-refractivity contribution in [1.29, 1.82) is 0 Å². The fourth-order valence-electron chi connectivity index (χ4n) is 1.77. The molecule has 18 heavy (non-hydrogen) atoms. The molecule has 0 spiro atoms. The SMILES string of the molecule is Cc1cc(-c2ccccc2C(F)(F)F)cc(Cl)n1. The molecule has 0 aliphatic heterocycles. The maximum atomic E-state index is 12.9. The highest BCUT2D eigenvalue weighted by Crippen LogP contribution is 2.37. The van der Waals surface area contributed by atoms with Crippen LogP contribution in [0, 0.1) is 6.92 Å². The van der Waals surface area contributed by atoms with Gasteiger partial charge in [0.25, 0.3) is 0 Å². The Labute approximate surface area is 107 Å². The van der Waals surface area contributed by atoms with Gasteiger partial charge in [0.05, 0.1) is 5.56 Å². The summed E-state index contributed by atoms with van der Waals surface area (Å²) in [5.41, 5.74) is 0.430. The lowest BCUT2D eigenvalue weighted by atomic mass is 10.00. The van der Waals surface area contributed by atoms with E-state index in [1.54, 1.807) is 19.1 Å². The molecule has 0 unspecified atom stereocenters. The number of hydrogen-bond acceptors (Lipinski definition) is 1. The van der Waals surface area contributed by atoms with Crippen LogP contribution in [0.15, 0.2) is 36.4 Å². The Balaban J connectivity index is 2.64. The molecule has 0 radical (unpaired) electrons. The van der Waals surface area contributed by atoms with E-state index in [1.807, 2.05) is 0 Å². The van der Waals surface area contributed by atoms with Crippen LogP contribution in [0.2, 0.25) is 5.15 Å². The average molecular weight is 272 g/mol. The van der Waals surface area contributed by atoms with Gasteiger partial charge in [0, 0.05) is 5.69 Å². The molecule has 1 nitrogen and oxygen atoms in total. The summed E-state index contributed by atoms with van der Waals surface area (Å²) in [4.78, 5) is 3.94. The van der Waals surface area contributed by atoms with E-state index in [9.17, 15) is 13.2 Å². The topological polar surface area (TPSA) is 12.9 Å². The van der Waals surface area contributed by atoms with E-state index in [4.69, 9.17) is 11.6 Å². The Kier molecular flexibility index (Phi) is 3.30. The van der Waals surface area contributed by atoms with E-state index in [0.717, 1.165) is 6.07 Å². The Morgan fingerprint density at radius 2 is 1.78 bits per heavy atom. The molecule has 2 aromatic rings. The van der Waals surface area contributed by atoms with Crippen molar-refractivity contribution in [2.75, 3.05) is 0 Å². The number of halogens is 4. The Bertz CT molecular complexity index is 558. The molecule has 0 aliphatic rings. The van der Waals surface area contributed by atoms with Crippen molar-refractivity contribution in [2.45, 2.75) is 13.1 Å². The van der Waals surface area contributed by atoms with Gasteiger partial charge in [-0.2, -0.15) is 13.2 Å². The number of pyridine rings is 1. The lowest BCUT2D eigenvalue weighted by Crippen LogP contribution is -2.07. The van der Waals surface area contributed by atoms with Gasteiger partial charge in [-0.15, -0.1) is 0 Å². The summed E-state index contributed by atoms with van der Waals surface area (Å²) in [5.74, 6) is 0. The number of aryl methyl sites for hydroxylation is 1. The molecule has 0 fully saturated rings. The summed E-state index contributed by atoms with van der Waals surface area (Å²) >= 11 is 5.77. The van der Waals surface area contributed by atoms with E-state index >= 15 is 0 Å². The first-order valence-corrected chi connectivity index (χ1v) is 5.56. The highest BCUT2D eigenvalue weighted by Gasteiger charge is 2.33. The normalized spacial score (nSPS) is 11.6.